The van der Waals surface area contributed by atoms with E-state index in [1.54, 1.807) is 0 Å². The summed E-state index contributed by atoms with van der Waals surface area (Å²) in [5.74, 6) is 4.44. The van der Waals surface area contributed by atoms with E-state index < -0.39 is 5.91 Å². The van der Waals surface area contributed by atoms with Crippen molar-refractivity contribution in [2.75, 3.05) is 5.32 Å². The molecule has 0 aliphatic heterocycles. The Morgan fingerprint density at radius 3 is 2.33 bits per heavy atom. The van der Waals surface area contributed by atoms with Crippen LogP contribution < -0.4 is 5.32 Å². The smallest absolute Gasteiger partial charge is 0.300 e. The van der Waals surface area contributed by atoms with Gasteiger partial charge in [0.2, 0.25) is 0 Å². The van der Waals surface area contributed by atoms with E-state index in [0.717, 1.165) is 5.56 Å². The number of nitrogens with one attached hydrogen (secondary N) is 1. The third-order valence-corrected chi connectivity index (χ3v) is 2.20. The normalized spacial score (nSPS) is 9.17. The van der Waals surface area contributed by atoms with Crippen LogP contribution in [0.1, 0.15) is 5.56 Å². The Balaban J connectivity index is 2.01. The molecule has 0 bridgehead atoms. The summed E-state index contributed by atoms with van der Waals surface area (Å²) in [7, 11) is 0. The van der Waals surface area contributed by atoms with E-state index in [1.807, 2.05) is 30.3 Å². The molecule has 1 N–H and O–H groups in total. The summed E-state index contributed by atoms with van der Waals surface area (Å²) in [5.41, 5.74) is 1.29. The zero-order valence-electron chi connectivity index (χ0n) is 9.48. The molecule has 2 rings (SSSR count). The molecule has 0 aliphatic carbocycles. The molecule has 0 aliphatic rings. The van der Waals surface area contributed by atoms with Gasteiger partial charge in [0, 0.05) is 17.2 Å². The standard InChI is InChI=1S/C15H10FNO/c16-13-7-9-14(10-8-13)17-15(18)11-6-12-4-2-1-3-5-12/h1-5,7-10H,(H,17,18). The number of rotatable bonds is 1. The zero-order valence-corrected chi connectivity index (χ0v) is 9.48. The Morgan fingerprint density at radius 1 is 1.00 bits per heavy atom. The molecule has 2 aromatic carbocycles. The van der Waals surface area contributed by atoms with Crippen molar-refractivity contribution in [3.8, 4) is 11.8 Å². The van der Waals surface area contributed by atoms with Crippen molar-refractivity contribution >= 4 is 11.6 Å². The highest BCUT2D eigenvalue weighted by atomic mass is 19.1. The first-order valence-electron chi connectivity index (χ1n) is 5.38. The zero-order chi connectivity index (χ0) is 12.8. The molecular formula is C15H10FNO. The largest absolute Gasteiger partial charge is 0.315 e. The van der Waals surface area contributed by atoms with Gasteiger partial charge in [0.05, 0.1) is 0 Å². The maximum Gasteiger partial charge on any atom is 0.300 e. The number of hydrogen-bond acceptors (Lipinski definition) is 1. The number of hydrogen-bond donors (Lipinski definition) is 1. The van der Waals surface area contributed by atoms with Crippen LogP contribution in [0, 0.1) is 17.7 Å². The summed E-state index contributed by atoms with van der Waals surface area (Å²) in [6.45, 7) is 0. The lowest BCUT2D eigenvalue weighted by Gasteiger charge is -1.99. The van der Waals surface area contributed by atoms with Gasteiger partial charge in [-0.3, -0.25) is 4.79 Å². The van der Waals surface area contributed by atoms with Crippen molar-refractivity contribution in [3.63, 3.8) is 0 Å². The van der Waals surface area contributed by atoms with Gasteiger partial charge in [0.25, 0.3) is 0 Å². The summed E-state index contributed by atoms with van der Waals surface area (Å²) in [4.78, 5) is 11.5. The van der Waals surface area contributed by atoms with Crippen molar-refractivity contribution in [2.24, 2.45) is 0 Å². The van der Waals surface area contributed by atoms with Crippen LogP contribution in [0.2, 0.25) is 0 Å². The summed E-state index contributed by atoms with van der Waals surface area (Å²) < 4.78 is 12.7. The SMILES string of the molecule is O=C(C#Cc1ccccc1)Nc1ccc(F)cc1. The van der Waals surface area contributed by atoms with Crippen molar-refractivity contribution in [1.82, 2.24) is 0 Å². The van der Waals surface area contributed by atoms with Gasteiger partial charge in [-0.15, -0.1) is 0 Å². The molecule has 0 fully saturated rings. The number of carbonyl (C=O) groups excluding carboxylic acids is 1. The van der Waals surface area contributed by atoms with Crippen LogP contribution in [-0.4, -0.2) is 5.91 Å². The fraction of sp³-hybridized carbons (Fsp3) is 0. The lowest BCUT2D eigenvalue weighted by molar-refractivity contribution is -0.111. The molecule has 0 aromatic heterocycles. The van der Waals surface area contributed by atoms with Gasteiger partial charge < -0.3 is 5.32 Å². The predicted molar refractivity (Wildman–Crippen MR) is 68.3 cm³/mol. The average molecular weight is 239 g/mol. The molecule has 2 nitrogen and oxygen atoms in total. The number of halogens is 1. The van der Waals surface area contributed by atoms with Gasteiger partial charge >= 0.3 is 5.91 Å². The van der Waals surface area contributed by atoms with Gasteiger partial charge in [0.1, 0.15) is 5.82 Å². The highest BCUT2D eigenvalue weighted by Crippen LogP contribution is 2.07. The topological polar surface area (TPSA) is 29.1 Å². The second-order valence-electron chi connectivity index (χ2n) is 3.58. The molecule has 0 radical (unpaired) electrons. The van der Waals surface area contributed by atoms with Crippen LogP contribution in [-0.2, 0) is 4.79 Å². The molecule has 0 unspecified atom stereocenters. The molecule has 0 atom stereocenters. The second-order valence-corrected chi connectivity index (χ2v) is 3.58. The Morgan fingerprint density at radius 2 is 1.67 bits per heavy atom. The second kappa shape index (κ2) is 5.65. The first kappa shape index (κ1) is 11.9. The number of amides is 1. The minimum atomic E-state index is -0.425. The number of benzene rings is 2. The molecular weight excluding hydrogens is 229 g/mol. The van der Waals surface area contributed by atoms with Crippen molar-refractivity contribution in [2.45, 2.75) is 0 Å². The van der Waals surface area contributed by atoms with Crippen LogP contribution in [0.3, 0.4) is 0 Å². The van der Waals surface area contributed by atoms with E-state index in [4.69, 9.17) is 0 Å². The number of anilines is 1. The van der Waals surface area contributed by atoms with Crippen molar-refractivity contribution in [3.05, 3.63) is 66.0 Å². The monoisotopic (exact) mass is 239 g/mol. The molecule has 0 saturated heterocycles. The van der Waals surface area contributed by atoms with Gasteiger partial charge in [-0.1, -0.05) is 24.1 Å². The highest BCUT2D eigenvalue weighted by molar-refractivity contribution is 6.04. The first-order chi connectivity index (χ1) is 8.74. The molecule has 1 amide bonds. The Labute approximate surface area is 104 Å². The Kier molecular flexibility index (Phi) is 3.72. The van der Waals surface area contributed by atoms with Crippen molar-refractivity contribution in [1.29, 1.82) is 0 Å². The minimum absolute atomic E-state index is 0.344. The van der Waals surface area contributed by atoms with Gasteiger partial charge in [-0.2, -0.15) is 0 Å². The van der Waals surface area contributed by atoms with E-state index in [1.165, 1.54) is 24.3 Å². The summed E-state index contributed by atoms with van der Waals surface area (Å²) in [5, 5.41) is 2.56. The third-order valence-electron chi connectivity index (χ3n) is 2.20. The van der Waals surface area contributed by atoms with Gasteiger partial charge in [0.15, 0.2) is 0 Å². The first-order valence-corrected chi connectivity index (χ1v) is 5.38. The quantitative estimate of drug-likeness (QED) is 0.762. The average Bonchev–Trinajstić information content (AvgIpc) is 2.40. The lowest BCUT2D eigenvalue weighted by atomic mass is 10.2. The van der Waals surface area contributed by atoms with Gasteiger partial charge in [-0.25, -0.2) is 4.39 Å². The van der Waals surface area contributed by atoms with Crippen LogP contribution in [0.25, 0.3) is 0 Å². The van der Waals surface area contributed by atoms with E-state index in [0.29, 0.717) is 5.69 Å². The Hall–Kier alpha value is -2.60. The summed E-state index contributed by atoms with van der Waals surface area (Å²) >= 11 is 0. The molecule has 3 heteroatoms. The number of carbonyl (C=O) groups is 1. The van der Waals surface area contributed by atoms with Crippen LogP contribution in [0.5, 0.6) is 0 Å². The molecule has 18 heavy (non-hydrogen) atoms. The Bertz CT molecular complexity index is 594. The minimum Gasteiger partial charge on any atom is -0.315 e. The molecule has 0 spiro atoms. The van der Waals surface area contributed by atoms with E-state index in [-0.39, 0.29) is 5.82 Å². The van der Waals surface area contributed by atoms with Crippen molar-refractivity contribution < 1.29 is 9.18 Å². The predicted octanol–water partition coefficient (Wildman–Crippen LogP) is 2.82. The van der Waals surface area contributed by atoms with E-state index in [2.05, 4.69) is 17.2 Å². The molecule has 0 saturated carbocycles. The van der Waals surface area contributed by atoms with Crippen LogP contribution in [0.15, 0.2) is 54.6 Å². The van der Waals surface area contributed by atoms with E-state index >= 15 is 0 Å². The highest BCUT2D eigenvalue weighted by Gasteiger charge is 1.97. The summed E-state index contributed by atoms with van der Waals surface area (Å²) in [6, 6.07) is 14.7. The van der Waals surface area contributed by atoms with Crippen LogP contribution >= 0.6 is 0 Å². The lowest BCUT2D eigenvalue weighted by Crippen LogP contribution is -2.08. The molecule has 2 aromatic rings. The fourth-order valence-electron chi connectivity index (χ4n) is 1.35. The fourth-order valence-corrected chi connectivity index (χ4v) is 1.35. The van der Waals surface area contributed by atoms with E-state index in [9.17, 15) is 9.18 Å². The maximum absolute atomic E-state index is 12.7. The van der Waals surface area contributed by atoms with Gasteiger partial charge in [-0.05, 0) is 36.4 Å². The molecule has 88 valence electrons. The molecule has 0 heterocycles. The summed E-state index contributed by atoms with van der Waals surface area (Å²) in [6.07, 6.45) is 0. The van der Waals surface area contributed by atoms with Crippen LogP contribution in [0.4, 0.5) is 10.1 Å². The maximum atomic E-state index is 12.7. The third kappa shape index (κ3) is 3.46.